The molecule has 2 rings (SSSR count). The Labute approximate surface area is 102 Å². The summed E-state index contributed by atoms with van der Waals surface area (Å²) in [6.07, 6.45) is 0.154. The van der Waals surface area contributed by atoms with Crippen LogP contribution in [-0.4, -0.2) is 19.5 Å². The fourth-order valence-electron chi connectivity index (χ4n) is 1.68. The lowest BCUT2D eigenvalue weighted by Crippen LogP contribution is -2.20. The van der Waals surface area contributed by atoms with Gasteiger partial charge in [-0.2, -0.15) is 0 Å². The van der Waals surface area contributed by atoms with Crippen molar-refractivity contribution in [3.8, 4) is 0 Å². The highest BCUT2D eigenvalue weighted by Gasteiger charge is 2.22. The summed E-state index contributed by atoms with van der Waals surface area (Å²) in [6.45, 7) is 1.16. The Morgan fingerprint density at radius 3 is 2.81 bits per heavy atom. The highest BCUT2D eigenvalue weighted by Crippen LogP contribution is 2.25. The molecule has 1 fully saturated rings. The van der Waals surface area contributed by atoms with Gasteiger partial charge in [0, 0.05) is 22.5 Å². The molecule has 0 amide bonds. The van der Waals surface area contributed by atoms with E-state index in [1.165, 1.54) is 6.07 Å². The van der Waals surface area contributed by atoms with Crippen molar-refractivity contribution in [3.63, 3.8) is 0 Å². The summed E-state index contributed by atoms with van der Waals surface area (Å²) < 4.78 is 24.9. The second-order valence-corrected chi connectivity index (χ2v) is 4.59. The smallest absolute Gasteiger partial charge is 0.159 e. The van der Waals surface area contributed by atoms with Gasteiger partial charge >= 0.3 is 0 Å². The van der Waals surface area contributed by atoms with Crippen LogP contribution in [0.15, 0.2) is 22.7 Å². The van der Waals surface area contributed by atoms with Crippen LogP contribution in [0, 0.1) is 5.82 Å². The van der Waals surface area contributed by atoms with Gasteiger partial charge in [-0.25, -0.2) is 4.39 Å². The molecular formula is C11H13BrFNO2. The van der Waals surface area contributed by atoms with Gasteiger partial charge in [-0.3, -0.25) is 0 Å². The maximum absolute atomic E-state index is 13.5. The molecule has 0 spiro atoms. The van der Waals surface area contributed by atoms with Gasteiger partial charge in [-0.1, -0.05) is 15.9 Å². The molecule has 0 radical (unpaired) electrons. The van der Waals surface area contributed by atoms with Crippen molar-refractivity contribution in [1.29, 1.82) is 0 Å². The van der Waals surface area contributed by atoms with E-state index in [9.17, 15) is 4.39 Å². The standard InChI is InChI=1S/C11H13BrFNO2/c12-7-1-2-9(13)8(5-7)10(14)6-11-15-3-4-16-11/h1-2,5,10-11H,3-4,6,14H2. The third-order valence-electron chi connectivity index (χ3n) is 2.49. The largest absolute Gasteiger partial charge is 0.350 e. The topological polar surface area (TPSA) is 44.5 Å². The van der Waals surface area contributed by atoms with Crippen molar-refractivity contribution in [2.75, 3.05) is 13.2 Å². The quantitative estimate of drug-likeness (QED) is 0.929. The first-order valence-electron chi connectivity index (χ1n) is 5.10. The Morgan fingerprint density at radius 2 is 2.12 bits per heavy atom. The number of halogens is 2. The van der Waals surface area contributed by atoms with Crippen molar-refractivity contribution < 1.29 is 13.9 Å². The summed E-state index contributed by atoms with van der Waals surface area (Å²) in [5, 5.41) is 0. The molecule has 1 saturated heterocycles. The van der Waals surface area contributed by atoms with Crippen LogP contribution < -0.4 is 5.73 Å². The average molecular weight is 290 g/mol. The summed E-state index contributed by atoms with van der Waals surface area (Å²) in [7, 11) is 0. The van der Waals surface area contributed by atoms with Crippen LogP contribution in [-0.2, 0) is 9.47 Å². The summed E-state index contributed by atoms with van der Waals surface area (Å²) in [4.78, 5) is 0. The predicted molar refractivity (Wildman–Crippen MR) is 61.3 cm³/mol. The molecule has 5 heteroatoms. The van der Waals surface area contributed by atoms with E-state index >= 15 is 0 Å². The molecule has 1 aliphatic rings. The maximum atomic E-state index is 13.5. The monoisotopic (exact) mass is 289 g/mol. The fraction of sp³-hybridized carbons (Fsp3) is 0.455. The second-order valence-electron chi connectivity index (χ2n) is 3.68. The minimum absolute atomic E-state index is 0.298. The summed E-state index contributed by atoms with van der Waals surface area (Å²) in [5.41, 5.74) is 6.40. The summed E-state index contributed by atoms with van der Waals surface area (Å²) in [6, 6.07) is 4.32. The van der Waals surface area contributed by atoms with Crippen molar-refractivity contribution in [1.82, 2.24) is 0 Å². The van der Waals surface area contributed by atoms with Gasteiger partial charge in [0.25, 0.3) is 0 Å². The Balaban J connectivity index is 2.07. The van der Waals surface area contributed by atoms with Crippen LogP contribution in [0.5, 0.6) is 0 Å². The van der Waals surface area contributed by atoms with Crippen LogP contribution in [0.1, 0.15) is 18.0 Å². The Hall–Kier alpha value is -0.490. The number of nitrogens with two attached hydrogens (primary N) is 1. The van der Waals surface area contributed by atoms with Gasteiger partial charge in [0.05, 0.1) is 13.2 Å². The van der Waals surface area contributed by atoms with E-state index < -0.39 is 6.04 Å². The molecule has 1 aromatic carbocycles. The third kappa shape index (κ3) is 2.79. The van der Waals surface area contributed by atoms with Crippen LogP contribution in [0.4, 0.5) is 4.39 Å². The first-order chi connectivity index (χ1) is 7.66. The van der Waals surface area contributed by atoms with Gasteiger partial charge < -0.3 is 15.2 Å². The average Bonchev–Trinajstić information content (AvgIpc) is 2.74. The van der Waals surface area contributed by atoms with Crippen molar-refractivity contribution in [2.45, 2.75) is 18.8 Å². The molecule has 1 aliphatic heterocycles. The number of rotatable bonds is 3. The van der Waals surface area contributed by atoms with Crippen molar-refractivity contribution in [3.05, 3.63) is 34.1 Å². The van der Waals surface area contributed by atoms with E-state index in [1.54, 1.807) is 12.1 Å². The lowest BCUT2D eigenvalue weighted by Gasteiger charge is -2.16. The predicted octanol–water partition coefficient (Wildman–Crippen LogP) is 2.35. The maximum Gasteiger partial charge on any atom is 0.159 e. The first kappa shape index (κ1) is 12.0. The molecule has 1 unspecified atom stereocenters. The zero-order chi connectivity index (χ0) is 11.5. The summed E-state index contributed by atoms with van der Waals surface area (Å²) in [5.74, 6) is -0.298. The van der Waals surface area contributed by atoms with Crippen LogP contribution in [0.25, 0.3) is 0 Å². The zero-order valence-electron chi connectivity index (χ0n) is 8.66. The Kier molecular flexibility index (Phi) is 3.91. The fourth-order valence-corrected chi connectivity index (χ4v) is 2.06. The molecule has 0 aromatic heterocycles. The highest BCUT2D eigenvalue weighted by molar-refractivity contribution is 9.10. The second kappa shape index (κ2) is 5.23. The van der Waals surface area contributed by atoms with Gasteiger partial charge in [0.1, 0.15) is 5.82 Å². The molecule has 16 heavy (non-hydrogen) atoms. The van der Waals surface area contributed by atoms with E-state index in [1.807, 2.05) is 0 Å². The van der Waals surface area contributed by atoms with E-state index in [0.717, 1.165) is 4.47 Å². The van der Waals surface area contributed by atoms with Crippen molar-refractivity contribution >= 4 is 15.9 Å². The molecule has 3 nitrogen and oxygen atoms in total. The molecule has 1 atom stereocenters. The number of benzene rings is 1. The van der Waals surface area contributed by atoms with E-state index in [2.05, 4.69) is 15.9 Å². The number of hydrogen-bond donors (Lipinski definition) is 1. The molecule has 0 bridgehead atoms. The Bertz CT molecular complexity index is 369. The minimum Gasteiger partial charge on any atom is -0.350 e. The third-order valence-corrected chi connectivity index (χ3v) is 2.99. The number of ether oxygens (including phenoxy) is 2. The van der Waals surface area contributed by atoms with E-state index in [0.29, 0.717) is 25.2 Å². The van der Waals surface area contributed by atoms with Gasteiger partial charge in [0.2, 0.25) is 0 Å². The lowest BCUT2D eigenvalue weighted by molar-refractivity contribution is -0.0509. The lowest BCUT2D eigenvalue weighted by atomic mass is 10.0. The normalized spacial score (nSPS) is 18.9. The van der Waals surface area contributed by atoms with Gasteiger partial charge in [-0.15, -0.1) is 0 Å². The Morgan fingerprint density at radius 1 is 1.44 bits per heavy atom. The molecule has 1 heterocycles. The van der Waals surface area contributed by atoms with E-state index in [4.69, 9.17) is 15.2 Å². The van der Waals surface area contributed by atoms with E-state index in [-0.39, 0.29) is 12.1 Å². The number of hydrogen-bond acceptors (Lipinski definition) is 3. The summed E-state index contributed by atoms with van der Waals surface area (Å²) >= 11 is 3.29. The molecular weight excluding hydrogens is 277 g/mol. The van der Waals surface area contributed by atoms with Crippen LogP contribution in [0.3, 0.4) is 0 Å². The molecule has 2 N–H and O–H groups in total. The van der Waals surface area contributed by atoms with Crippen LogP contribution in [0.2, 0.25) is 0 Å². The zero-order valence-corrected chi connectivity index (χ0v) is 10.2. The molecule has 1 aromatic rings. The van der Waals surface area contributed by atoms with Crippen LogP contribution >= 0.6 is 15.9 Å². The SMILES string of the molecule is NC(CC1OCCO1)c1cc(Br)ccc1F. The molecule has 0 aliphatic carbocycles. The first-order valence-corrected chi connectivity index (χ1v) is 5.90. The molecule has 0 saturated carbocycles. The van der Waals surface area contributed by atoms with Gasteiger partial charge in [0.15, 0.2) is 6.29 Å². The minimum atomic E-state index is -0.416. The molecule has 88 valence electrons. The highest BCUT2D eigenvalue weighted by atomic mass is 79.9. The van der Waals surface area contributed by atoms with Gasteiger partial charge in [-0.05, 0) is 18.2 Å². The van der Waals surface area contributed by atoms with Crippen molar-refractivity contribution in [2.24, 2.45) is 5.73 Å².